The fraction of sp³-hybridized carbons (Fsp3) is 0.462. The van der Waals surface area contributed by atoms with E-state index in [1.807, 2.05) is 0 Å². The van der Waals surface area contributed by atoms with E-state index in [-0.39, 0.29) is 11.7 Å². The van der Waals surface area contributed by atoms with Gasteiger partial charge in [-0.15, -0.1) is 0 Å². The molecule has 0 aliphatic heterocycles. The maximum Gasteiger partial charge on any atom is 0.237 e. The summed E-state index contributed by atoms with van der Waals surface area (Å²) in [7, 11) is 1.62. The average Bonchev–Trinajstić information content (AvgIpc) is 2.37. The van der Waals surface area contributed by atoms with Gasteiger partial charge < -0.3 is 20.9 Å². The molecule has 1 unspecified atom stereocenters. The Kier molecular flexibility index (Phi) is 6.18. The molecule has 0 heterocycles. The summed E-state index contributed by atoms with van der Waals surface area (Å²) in [5.74, 6) is 0.0375. The molecule has 5 heteroatoms. The Morgan fingerprint density at radius 1 is 1.44 bits per heavy atom. The van der Waals surface area contributed by atoms with Crippen molar-refractivity contribution in [1.29, 1.82) is 0 Å². The first-order valence-electron chi connectivity index (χ1n) is 5.93. The molecule has 0 radical (unpaired) electrons. The fourth-order valence-electron chi connectivity index (χ4n) is 1.54. The minimum Gasteiger partial charge on any atom is -0.508 e. The number of phenols is 1. The SMILES string of the molecule is COCCCNC(=O)C(N)Cc1ccc(O)cc1. The lowest BCUT2D eigenvalue weighted by Gasteiger charge is -2.12. The third-order valence-electron chi connectivity index (χ3n) is 2.55. The number of methoxy groups -OCH3 is 1. The Morgan fingerprint density at radius 2 is 2.11 bits per heavy atom. The van der Waals surface area contributed by atoms with Crippen LogP contribution in [0.15, 0.2) is 24.3 Å². The number of benzene rings is 1. The van der Waals surface area contributed by atoms with Gasteiger partial charge in [-0.1, -0.05) is 12.1 Å². The van der Waals surface area contributed by atoms with Crippen molar-refractivity contribution in [2.45, 2.75) is 18.9 Å². The lowest BCUT2D eigenvalue weighted by Crippen LogP contribution is -2.42. The van der Waals surface area contributed by atoms with Crippen molar-refractivity contribution in [3.05, 3.63) is 29.8 Å². The van der Waals surface area contributed by atoms with Gasteiger partial charge in [0, 0.05) is 20.3 Å². The summed E-state index contributed by atoms with van der Waals surface area (Å²) in [6, 6.07) is 6.11. The number of ether oxygens (including phenoxy) is 1. The lowest BCUT2D eigenvalue weighted by atomic mass is 10.1. The first-order chi connectivity index (χ1) is 8.63. The highest BCUT2D eigenvalue weighted by molar-refractivity contribution is 5.81. The van der Waals surface area contributed by atoms with Crippen molar-refractivity contribution in [1.82, 2.24) is 5.32 Å². The third-order valence-corrected chi connectivity index (χ3v) is 2.55. The second kappa shape index (κ2) is 7.68. The van der Waals surface area contributed by atoms with Crippen LogP contribution in [0.5, 0.6) is 5.75 Å². The number of hydrogen-bond acceptors (Lipinski definition) is 4. The number of rotatable bonds is 7. The molecular weight excluding hydrogens is 232 g/mol. The zero-order valence-electron chi connectivity index (χ0n) is 10.6. The Hall–Kier alpha value is -1.59. The van der Waals surface area contributed by atoms with E-state index in [1.54, 1.807) is 31.4 Å². The molecule has 0 aliphatic carbocycles. The van der Waals surface area contributed by atoms with Crippen LogP contribution < -0.4 is 11.1 Å². The highest BCUT2D eigenvalue weighted by Gasteiger charge is 2.13. The molecule has 1 rings (SSSR count). The Labute approximate surface area is 107 Å². The lowest BCUT2D eigenvalue weighted by molar-refractivity contribution is -0.122. The normalized spacial score (nSPS) is 12.1. The maximum absolute atomic E-state index is 11.7. The van der Waals surface area contributed by atoms with E-state index in [4.69, 9.17) is 15.6 Å². The van der Waals surface area contributed by atoms with Crippen LogP contribution in [0.3, 0.4) is 0 Å². The molecule has 4 N–H and O–H groups in total. The number of nitrogens with two attached hydrogens (primary N) is 1. The minimum absolute atomic E-state index is 0.167. The zero-order valence-corrected chi connectivity index (χ0v) is 10.6. The van der Waals surface area contributed by atoms with Crippen molar-refractivity contribution in [2.24, 2.45) is 5.73 Å². The van der Waals surface area contributed by atoms with Crippen molar-refractivity contribution in [3.63, 3.8) is 0 Å². The van der Waals surface area contributed by atoms with Gasteiger partial charge in [0.15, 0.2) is 0 Å². The number of carbonyl (C=O) groups excluding carboxylic acids is 1. The molecule has 5 nitrogen and oxygen atoms in total. The second-order valence-electron chi connectivity index (χ2n) is 4.11. The van der Waals surface area contributed by atoms with Gasteiger partial charge in [-0.25, -0.2) is 0 Å². The van der Waals surface area contributed by atoms with Crippen molar-refractivity contribution < 1.29 is 14.6 Å². The molecular formula is C13H20N2O3. The molecule has 0 aliphatic rings. The van der Waals surface area contributed by atoms with Gasteiger partial charge >= 0.3 is 0 Å². The third kappa shape index (κ3) is 5.16. The summed E-state index contributed by atoms with van der Waals surface area (Å²) < 4.78 is 4.88. The summed E-state index contributed by atoms with van der Waals surface area (Å²) in [4.78, 5) is 11.7. The van der Waals surface area contributed by atoms with Gasteiger partial charge in [0.2, 0.25) is 5.91 Å². The monoisotopic (exact) mass is 252 g/mol. The van der Waals surface area contributed by atoms with Gasteiger partial charge in [0.25, 0.3) is 0 Å². The van der Waals surface area contributed by atoms with Gasteiger partial charge in [-0.05, 0) is 30.5 Å². The highest BCUT2D eigenvalue weighted by Crippen LogP contribution is 2.10. The van der Waals surface area contributed by atoms with Gasteiger partial charge in [-0.3, -0.25) is 4.79 Å². The molecule has 0 spiro atoms. The molecule has 1 atom stereocenters. The fourth-order valence-corrected chi connectivity index (χ4v) is 1.54. The van der Waals surface area contributed by atoms with Crippen LogP contribution in [0.4, 0.5) is 0 Å². The van der Waals surface area contributed by atoms with E-state index >= 15 is 0 Å². The molecule has 0 saturated heterocycles. The summed E-state index contributed by atoms with van der Waals surface area (Å²) in [5.41, 5.74) is 6.72. The minimum atomic E-state index is -0.572. The van der Waals surface area contributed by atoms with Gasteiger partial charge in [0.1, 0.15) is 5.75 Å². The molecule has 0 fully saturated rings. The van der Waals surface area contributed by atoms with Crippen LogP contribution in [-0.4, -0.2) is 37.3 Å². The molecule has 18 heavy (non-hydrogen) atoms. The maximum atomic E-state index is 11.7. The molecule has 100 valence electrons. The predicted octanol–water partition coefficient (Wildman–Crippen LogP) is 0.415. The van der Waals surface area contributed by atoms with Gasteiger partial charge in [0.05, 0.1) is 6.04 Å². The van der Waals surface area contributed by atoms with Crippen molar-refractivity contribution >= 4 is 5.91 Å². The molecule has 0 bridgehead atoms. The quantitative estimate of drug-likeness (QED) is 0.614. The van der Waals surface area contributed by atoms with Crippen LogP contribution in [0, 0.1) is 0 Å². The largest absolute Gasteiger partial charge is 0.508 e. The summed E-state index contributed by atoms with van der Waals surface area (Å²) in [6.07, 6.45) is 1.23. The summed E-state index contributed by atoms with van der Waals surface area (Å²) in [5, 5.41) is 11.9. The molecule has 1 aromatic rings. The first kappa shape index (κ1) is 14.5. The predicted molar refractivity (Wildman–Crippen MR) is 69.3 cm³/mol. The highest BCUT2D eigenvalue weighted by atomic mass is 16.5. The van der Waals surface area contributed by atoms with E-state index in [1.165, 1.54) is 0 Å². The molecule has 1 aromatic carbocycles. The van der Waals surface area contributed by atoms with Crippen molar-refractivity contribution in [3.8, 4) is 5.75 Å². The number of nitrogens with one attached hydrogen (secondary N) is 1. The number of carbonyl (C=O) groups is 1. The topological polar surface area (TPSA) is 84.6 Å². The summed E-state index contributed by atoms with van der Waals surface area (Å²) >= 11 is 0. The van der Waals surface area contributed by atoms with Crippen LogP contribution in [-0.2, 0) is 16.0 Å². The number of hydrogen-bond donors (Lipinski definition) is 3. The standard InChI is InChI=1S/C13H20N2O3/c1-18-8-2-7-15-13(17)12(14)9-10-3-5-11(16)6-4-10/h3-6,12,16H,2,7-9,14H2,1H3,(H,15,17). The van der Waals surface area contributed by atoms with E-state index in [0.29, 0.717) is 19.6 Å². The van der Waals surface area contributed by atoms with E-state index in [9.17, 15) is 4.79 Å². The molecule has 0 aromatic heterocycles. The Morgan fingerprint density at radius 3 is 2.72 bits per heavy atom. The van der Waals surface area contributed by atoms with Gasteiger partial charge in [-0.2, -0.15) is 0 Å². The van der Waals surface area contributed by atoms with Crippen LogP contribution in [0.2, 0.25) is 0 Å². The second-order valence-corrected chi connectivity index (χ2v) is 4.11. The molecule has 0 saturated carbocycles. The van der Waals surface area contributed by atoms with E-state index in [0.717, 1.165) is 12.0 Å². The smallest absolute Gasteiger partial charge is 0.237 e. The number of phenolic OH excluding ortho intramolecular Hbond substituents is 1. The Balaban J connectivity index is 2.33. The van der Waals surface area contributed by atoms with E-state index < -0.39 is 6.04 Å². The van der Waals surface area contributed by atoms with Crippen molar-refractivity contribution in [2.75, 3.05) is 20.3 Å². The van der Waals surface area contributed by atoms with E-state index in [2.05, 4.69) is 5.32 Å². The number of aromatic hydroxyl groups is 1. The number of amides is 1. The first-order valence-corrected chi connectivity index (χ1v) is 5.93. The van der Waals surface area contributed by atoms with Crippen LogP contribution >= 0.6 is 0 Å². The Bertz CT molecular complexity index is 365. The molecule has 1 amide bonds. The van der Waals surface area contributed by atoms with Crippen LogP contribution in [0.25, 0.3) is 0 Å². The summed E-state index contributed by atoms with van der Waals surface area (Å²) in [6.45, 7) is 1.18. The zero-order chi connectivity index (χ0) is 13.4. The van der Waals surface area contributed by atoms with Crippen LogP contribution in [0.1, 0.15) is 12.0 Å². The average molecular weight is 252 g/mol.